The molecular weight excluding hydrogens is 300 g/mol. The zero-order valence-electron chi connectivity index (χ0n) is 14.4. The molecule has 1 fully saturated rings. The highest BCUT2D eigenvalue weighted by molar-refractivity contribution is 5.76. The van der Waals surface area contributed by atoms with Crippen LogP contribution in [-0.4, -0.2) is 38.7 Å². The summed E-state index contributed by atoms with van der Waals surface area (Å²) >= 11 is 0. The highest BCUT2D eigenvalue weighted by Crippen LogP contribution is 2.27. The fraction of sp³-hybridized carbons (Fsp3) is 0.526. The second-order valence-electron chi connectivity index (χ2n) is 6.52. The summed E-state index contributed by atoms with van der Waals surface area (Å²) in [5.74, 6) is 1.79. The van der Waals surface area contributed by atoms with Gasteiger partial charge in [-0.15, -0.1) is 10.2 Å². The predicted octanol–water partition coefficient (Wildman–Crippen LogP) is 3.03. The average molecular weight is 326 g/mol. The number of amides is 1. The van der Waals surface area contributed by atoms with E-state index < -0.39 is 0 Å². The fourth-order valence-electron chi connectivity index (χ4n) is 3.43. The smallest absolute Gasteiger partial charge is 0.222 e. The normalized spacial score (nSPS) is 15.6. The third kappa shape index (κ3) is 4.02. The molecule has 1 aliphatic rings. The zero-order chi connectivity index (χ0) is 16.8. The topological polar surface area (TPSA) is 51.0 Å². The lowest BCUT2D eigenvalue weighted by atomic mass is 9.95. The second-order valence-corrected chi connectivity index (χ2v) is 6.52. The van der Waals surface area contributed by atoms with E-state index in [4.69, 9.17) is 0 Å². The molecule has 0 atom stereocenters. The van der Waals surface area contributed by atoms with Crippen molar-refractivity contribution in [2.75, 3.05) is 13.1 Å². The van der Waals surface area contributed by atoms with Gasteiger partial charge < -0.3 is 9.47 Å². The van der Waals surface area contributed by atoms with Crippen LogP contribution in [0.5, 0.6) is 0 Å². The Hall–Kier alpha value is -2.17. The number of piperidine rings is 1. The molecule has 0 radical (unpaired) electrons. The van der Waals surface area contributed by atoms with Crippen molar-refractivity contribution in [1.82, 2.24) is 19.7 Å². The van der Waals surface area contributed by atoms with E-state index in [9.17, 15) is 4.79 Å². The Balaban J connectivity index is 1.49. The number of benzene rings is 1. The van der Waals surface area contributed by atoms with Gasteiger partial charge in [0.2, 0.25) is 5.91 Å². The largest absolute Gasteiger partial charge is 0.343 e. The maximum Gasteiger partial charge on any atom is 0.222 e. The molecular formula is C19H26N4O. The number of hydrogen-bond acceptors (Lipinski definition) is 3. The Bertz CT molecular complexity index is 644. The van der Waals surface area contributed by atoms with E-state index in [2.05, 4.69) is 33.8 Å². The Morgan fingerprint density at radius 1 is 1.21 bits per heavy atom. The van der Waals surface area contributed by atoms with Crippen LogP contribution < -0.4 is 0 Å². The van der Waals surface area contributed by atoms with E-state index in [0.29, 0.717) is 12.3 Å². The van der Waals surface area contributed by atoms with E-state index >= 15 is 0 Å². The molecule has 0 bridgehead atoms. The van der Waals surface area contributed by atoms with Crippen LogP contribution in [0.15, 0.2) is 36.7 Å². The molecule has 128 valence electrons. The van der Waals surface area contributed by atoms with Crippen LogP contribution in [0.3, 0.4) is 0 Å². The van der Waals surface area contributed by atoms with Crippen molar-refractivity contribution in [3.63, 3.8) is 0 Å². The minimum Gasteiger partial charge on any atom is -0.343 e. The van der Waals surface area contributed by atoms with E-state index in [-0.39, 0.29) is 5.91 Å². The Morgan fingerprint density at radius 2 is 1.96 bits per heavy atom. The van der Waals surface area contributed by atoms with Gasteiger partial charge in [0.05, 0.1) is 0 Å². The number of hydrogen-bond donors (Lipinski definition) is 0. The molecule has 0 saturated carbocycles. The van der Waals surface area contributed by atoms with Crippen LogP contribution in [0.1, 0.15) is 49.9 Å². The number of rotatable bonds is 6. The lowest BCUT2D eigenvalue weighted by Crippen LogP contribution is -2.38. The Morgan fingerprint density at radius 3 is 2.67 bits per heavy atom. The number of likely N-dealkylation sites (tertiary alicyclic amines) is 1. The van der Waals surface area contributed by atoms with Gasteiger partial charge in [-0.1, -0.05) is 37.3 Å². The maximum atomic E-state index is 12.4. The molecule has 1 aromatic carbocycles. The summed E-state index contributed by atoms with van der Waals surface area (Å²) in [7, 11) is 0. The monoisotopic (exact) mass is 326 g/mol. The zero-order valence-corrected chi connectivity index (χ0v) is 14.4. The van der Waals surface area contributed by atoms with Gasteiger partial charge >= 0.3 is 0 Å². The molecule has 0 spiro atoms. The summed E-state index contributed by atoms with van der Waals surface area (Å²) in [5, 5.41) is 8.38. The summed E-state index contributed by atoms with van der Waals surface area (Å²) in [6, 6.07) is 10.2. The number of nitrogens with zero attached hydrogens (tertiary/aromatic N) is 4. The summed E-state index contributed by atoms with van der Waals surface area (Å²) in [6.45, 7) is 4.80. The molecule has 2 aromatic rings. The quantitative estimate of drug-likeness (QED) is 0.820. The Kier molecular flexibility index (Phi) is 5.62. The summed E-state index contributed by atoms with van der Waals surface area (Å²) in [5.41, 5.74) is 1.23. The SMILES string of the molecule is CCCn1cnnc1C1CCN(C(=O)CCc2ccccc2)CC1. The van der Waals surface area contributed by atoms with Crippen molar-refractivity contribution in [2.45, 2.75) is 51.5 Å². The molecule has 1 amide bonds. The first-order valence-corrected chi connectivity index (χ1v) is 8.97. The summed E-state index contributed by atoms with van der Waals surface area (Å²) < 4.78 is 2.16. The Labute approximate surface area is 143 Å². The highest BCUT2D eigenvalue weighted by Gasteiger charge is 2.26. The minimum atomic E-state index is 0.271. The molecule has 1 aromatic heterocycles. The van der Waals surface area contributed by atoms with Gasteiger partial charge in [-0.25, -0.2) is 0 Å². The van der Waals surface area contributed by atoms with Crippen molar-refractivity contribution in [2.24, 2.45) is 0 Å². The molecule has 3 rings (SSSR count). The first-order valence-electron chi connectivity index (χ1n) is 8.97. The lowest BCUT2D eigenvalue weighted by Gasteiger charge is -2.31. The maximum absolute atomic E-state index is 12.4. The molecule has 2 heterocycles. The summed E-state index contributed by atoms with van der Waals surface area (Å²) in [4.78, 5) is 14.4. The minimum absolute atomic E-state index is 0.271. The van der Waals surface area contributed by atoms with E-state index in [1.165, 1.54) is 5.56 Å². The average Bonchev–Trinajstić information content (AvgIpc) is 3.09. The van der Waals surface area contributed by atoms with Crippen molar-refractivity contribution >= 4 is 5.91 Å². The van der Waals surface area contributed by atoms with Gasteiger partial charge in [0.1, 0.15) is 12.2 Å². The number of carbonyl (C=O) groups excluding carboxylic acids is 1. The lowest BCUT2D eigenvalue weighted by molar-refractivity contribution is -0.132. The molecule has 0 N–H and O–H groups in total. The van der Waals surface area contributed by atoms with Crippen molar-refractivity contribution in [3.05, 3.63) is 48.0 Å². The van der Waals surface area contributed by atoms with Gasteiger partial charge in [0.25, 0.3) is 0 Å². The van der Waals surface area contributed by atoms with Gasteiger partial charge in [0.15, 0.2) is 0 Å². The van der Waals surface area contributed by atoms with Crippen LogP contribution in [0.2, 0.25) is 0 Å². The van der Waals surface area contributed by atoms with Crippen LogP contribution in [0.25, 0.3) is 0 Å². The molecule has 5 heteroatoms. The highest BCUT2D eigenvalue weighted by atomic mass is 16.2. The van der Waals surface area contributed by atoms with Crippen molar-refractivity contribution < 1.29 is 4.79 Å². The third-order valence-electron chi connectivity index (χ3n) is 4.79. The number of aromatic nitrogens is 3. The van der Waals surface area contributed by atoms with Gasteiger partial charge in [0, 0.05) is 32.0 Å². The molecule has 0 unspecified atom stereocenters. The number of aryl methyl sites for hydroxylation is 2. The molecule has 1 aliphatic heterocycles. The van der Waals surface area contributed by atoms with Crippen LogP contribution in [0, 0.1) is 0 Å². The molecule has 24 heavy (non-hydrogen) atoms. The van der Waals surface area contributed by atoms with Crippen molar-refractivity contribution in [1.29, 1.82) is 0 Å². The van der Waals surface area contributed by atoms with E-state index in [1.54, 1.807) is 0 Å². The standard InChI is InChI=1S/C19H26N4O/c1-2-12-23-15-20-21-19(23)17-10-13-22(14-11-17)18(24)9-8-16-6-4-3-5-7-16/h3-7,15,17H,2,8-14H2,1H3. The first-order chi connectivity index (χ1) is 11.8. The van der Waals surface area contributed by atoms with Crippen LogP contribution in [0.4, 0.5) is 0 Å². The van der Waals surface area contributed by atoms with Crippen LogP contribution >= 0.6 is 0 Å². The fourth-order valence-corrected chi connectivity index (χ4v) is 3.43. The van der Waals surface area contributed by atoms with Crippen LogP contribution in [-0.2, 0) is 17.8 Å². The second kappa shape index (κ2) is 8.08. The molecule has 0 aliphatic carbocycles. The molecule has 1 saturated heterocycles. The number of carbonyl (C=O) groups is 1. The first kappa shape index (κ1) is 16.7. The van der Waals surface area contributed by atoms with E-state index in [1.807, 2.05) is 29.4 Å². The van der Waals surface area contributed by atoms with Crippen molar-refractivity contribution in [3.8, 4) is 0 Å². The third-order valence-corrected chi connectivity index (χ3v) is 4.79. The van der Waals surface area contributed by atoms with Gasteiger partial charge in [-0.3, -0.25) is 4.79 Å². The summed E-state index contributed by atoms with van der Waals surface area (Å²) in [6.07, 6.45) is 6.31. The predicted molar refractivity (Wildman–Crippen MR) is 93.6 cm³/mol. The van der Waals surface area contributed by atoms with E-state index in [0.717, 1.165) is 51.1 Å². The van der Waals surface area contributed by atoms with Gasteiger partial charge in [-0.05, 0) is 31.2 Å². The van der Waals surface area contributed by atoms with Gasteiger partial charge in [-0.2, -0.15) is 0 Å². The molecule has 5 nitrogen and oxygen atoms in total.